The normalized spacial score (nSPS) is 30.2. The van der Waals surface area contributed by atoms with Gasteiger partial charge in [-0.3, -0.25) is 0 Å². The van der Waals surface area contributed by atoms with E-state index in [0.717, 1.165) is 18.7 Å². The van der Waals surface area contributed by atoms with Crippen LogP contribution in [0.2, 0.25) is 0 Å². The average Bonchev–Trinajstić information content (AvgIpc) is 2.93. The Kier molecular flexibility index (Phi) is 2.65. The van der Waals surface area contributed by atoms with Crippen molar-refractivity contribution in [1.82, 2.24) is 4.90 Å². The molecule has 0 aliphatic carbocycles. The lowest BCUT2D eigenvalue weighted by Gasteiger charge is -2.21. The van der Waals surface area contributed by atoms with E-state index in [1.54, 1.807) is 7.11 Å². The number of methoxy groups -OCH3 is 1. The first-order chi connectivity index (χ1) is 8.70. The number of benzene rings is 1. The maximum Gasteiger partial charge on any atom is 0.410 e. The van der Waals surface area contributed by atoms with Gasteiger partial charge in [0, 0.05) is 12.5 Å². The Bertz CT molecular complexity index is 457. The fraction of sp³-hybridized carbons (Fsp3) is 0.500. The number of hydrogen-bond donors (Lipinski definition) is 0. The van der Waals surface area contributed by atoms with Gasteiger partial charge in [-0.1, -0.05) is 12.1 Å². The molecule has 2 aliphatic rings. The van der Waals surface area contributed by atoms with E-state index >= 15 is 0 Å². The van der Waals surface area contributed by atoms with Crippen molar-refractivity contribution in [3.8, 4) is 5.75 Å². The summed E-state index contributed by atoms with van der Waals surface area (Å²) in [6.07, 6.45) is 0.826. The van der Waals surface area contributed by atoms with Gasteiger partial charge in [0.1, 0.15) is 11.9 Å². The molecular formula is C14H17NO3. The Morgan fingerprint density at radius 3 is 2.72 bits per heavy atom. The molecule has 0 saturated carbocycles. The third-order valence-corrected chi connectivity index (χ3v) is 4.00. The highest BCUT2D eigenvalue weighted by atomic mass is 16.6. The van der Waals surface area contributed by atoms with Gasteiger partial charge < -0.3 is 14.4 Å². The number of rotatable bonds is 2. The second-order valence-corrected chi connectivity index (χ2v) is 4.94. The van der Waals surface area contributed by atoms with E-state index in [1.165, 1.54) is 5.56 Å². The quantitative estimate of drug-likeness (QED) is 0.805. The minimum atomic E-state index is -0.163. The number of fused-ring (bicyclic) bond motifs is 1. The van der Waals surface area contributed by atoms with Crippen molar-refractivity contribution in [2.45, 2.75) is 31.4 Å². The highest BCUT2D eigenvalue weighted by Crippen LogP contribution is 2.40. The molecule has 0 N–H and O–H groups in total. The topological polar surface area (TPSA) is 38.8 Å². The van der Waals surface area contributed by atoms with Crippen LogP contribution in [0.3, 0.4) is 0 Å². The van der Waals surface area contributed by atoms with Crippen molar-refractivity contribution in [1.29, 1.82) is 0 Å². The van der Waals surface area contributed by atoms with Crippen LogP contribution in [0.25, 0.3) is 0 Å². The van der Waals surface area contributed by atoms with Crippen molar-refractivity contribution < 1.29 is 14.3 Å². The van der Waals surface area contributed by atoms with Crippen LogP contribution in [0.1, 0.15) is 24.8 Å². The van der Waals surface area contributed by atoms with Gasteiger partial charge in [-0.25, -0.2) is 4.79 Å². The molecule has 4 nitrogen and oxygen atoms in total. The summed E-state index contributed by atoms with van der Waals surface area (Å²) in [5.74, 6) is 1.23. The van der Waals surface area contributed by atoms with E-state index in [-0.39, 0.29) is 18.2 Å². The smallest absolute Gasteiger partial charge is 0.410 e. The third-order valence-electron chi connectivity index (χ3n) is 4.00. The lowest BCUT2D eigenvalue weighted by molar-refractivity contribution is 0.133. The Hall–Kier alpha value is -1.71. The van der Waals surface area contributed by atoms with Crippen molar-refractivity contribution in [3.63, 3.8) is 0 Å². The summed E-state index contributed by atoms with van der Waals surface area (Å²) in [5, 5.41) is 0. The van der Waals surface area contributed by atoms with Crippen LogP contribution in [0.15, 0.2) is 24.3 Å². The standard InChI is InChI=1S/C14H17NO3/c1-9-13-12(7-8-15(13)14(16)18-9)10-3-5-11(17-2)6-4-10/h3-6,9,12-13H,7-8H2,1-2H3/t9-,12-,13-/m0/s1. The summed E-state index contributed by atoms with van der Waals surface area (Å²) in [7, 11) is 1.66. The predicted octanol–water partition coefficient (Wildman–Crippen LogP) is 2.39. The molecule has 0 radical (unpaired) electrons. The number of ether oxygens (including phenoxy) is 2. The van der Waals surface area contributed by atoms with Crippen LogP contribution < -0.4 is 4.74 Å². The number of carbonyl (C=O) groups is 1. The summed E-state index contributed by atoms with van der Waals surface area (Å²) in [6.45, 7) is 2.77. The monoisotopic (exact) mass is 247 g/mol. The minimum absolute atomic E-state index is 0.0212. The van der Waals surface area contributed by atoms with Gasteiger partial charge in [-0.2, -0.15) is 0 Å². The molecule has 0 unspecified atom stereocenters. The van der Waals surface area contributed by atoms with Gasteiger partial charge in [0.15, 0.2) is 0 Å². The molecule has 1 amide bonds. The van der Waals surface area contributed by atoms with Crippen molar-refractivity contribution in [2.24, 2.45) is 0 Å². The molecule has 4 heteroatoms. The van der Waals surface area contributed by atoms with Gasteiger partial charge in [0.2, 0.25) is 0 Å². The highest BCUT2D eigenvalue weighted by Gasteiger charge is 2.48. The average molecular weight is 247 g/mol. The van der Waals surface area contributed by atoms with Crippen LogP contribution in [0, 0.1) is 0 Å². The zero-order valence-corrected chi connectivity index (χ0v) is 10.6. The molecule has 2 saturated heterocycles. The first-order valence-corrected chi connectivity index (χ1v) is 6.32. The molecule has 0 aromatic heterocycles. The molecule has 18 heavy (non-hydrogen) atoms. The predicted molar refractivity (Wildman–Crippen MR) is 66.8 cm³/mol. The zero-order chi connectivity index (χ0) is 12.7. The summed E-state index contributed by atoms with van der Waals surface area (Å²) < 4.78 is 10.5. The van der Waals surface area contributed by atoms with Crippen LogP contribution in [0.4, 0.5) is 4.79 Å². The van der Waals surface area contributed by atoms with E-state index in [1.807, 2.05) is 24.0 Å². The molecule has 2 heterocycles. The third kappa shape index (κ3) is 1.64. The van der Waals surface area contributed by atoms with Gasteiger partial charge in [0.25, 0.3) is 0 Å². The maximum absolute atomic E-state index is 11.6. The van der Waals surface area contributed by atoms with E-state index in [4.69, 9.17) is 9.47 Å². The first-order valence-electron chi connectivity index (χ1n) is 6.32. The zero-order valence-electron chi connectivity index (χ0n) is 10.6. The van der Waals surface area contributed by atoms with Crippen molar-refractivity contribution in [3.05, 3.63) is 29.8 Å². The van der Waals surface area contributed by atoms with E-state index in [9.17, 15) is 4.79 Å². The molecule has 1 aromatic rings. The van der Waals surface area contributed by atoms with Gasteiger partial charge in [-0.15, -0.1) is 0 Å². The number of carbonyl (C=O) groups excluding carboxylic acids is 1. The lowest BCUT2D eigenvalue weighted by atomic mass is 9.89. The fourth-order valence-corrected chi connectivity index (χ4v) is 3.12. The Morgan fingerprint density at radius 2 is 2.06 bits per heavy atom. The SMILES string of the molecule is COc1ccc([C@@H]2CCN3C(=O)O[C@@H](C)[C@@H]23)cc1. The summed E-state index contributed by atoms with van der Waals surface area (Å²) >= 11 is 0. The molecule has 2 fully saturated rings. The van der Waals surface area contributed by atoms with Crippen LogP contribution in [-0.4, -0.2) is 36.8 Å². The van der Waals surface area contributed by atoms with Gasteiger partial charge in [-0.05, 0) is 31.0 Å². The Balaban J connectivity index is 1.86. The minimum Gasteiger partial charge on any atom is -0.497 e. The highest BCUT2D eigenvalue weighted by molar-refractivity contribution is 5.71. The van der Waals surface area contributed by atoms with Gasteiger partial charge in [0.05, 0.1) is 13.2 Å². The van der Waals surface area contributed by atoms with Crippen LogP contribution >= 0.6 is 0 Å². The first kappa shape index (κ1) is 11.4. The number of amides is 1. The van der Waals surface area contributed by atoms with E-state index in [0.29, 0.717) is 5.92 Å². The lowest BCUT2D eigenvalue weighted by Crippen LogP contribution is -2.32. The molecule has 3 atom stereocenters. The summed E-state index contributed by atoms with van der Waals surface area (Å²) in [5.41, 5.74) is 1.26. The van der Waals surface area contributed by atoms with E-state index in [2.05, 4.69) is 12.1 Å². The molecule has 0 bridgehead atoms. The van der Waals surface area contributed by atoms with Crippen molar-refractivity contribution >= 4 is 6.09 Å². The number of nitrogens with zero attached hydrogens (tertiary/aromatic N) is 1. The van der Waals surface area contributed by atoms with Crippen LogP contribution in [0.5, 0.6) is 5.75 Å². The summed E-state index contributed by atoms with van der Waals surface area (Å²) in [4.78, 5) is 13.5. The Morgan fingerprint density at radius 1 is 1.33 bits per heavy atom. The molecule has 2 aliphatic heterocycles. The molecule has 96 valence electrons. The number of hydrogen-bond acceptors (Lipinski definition) is 3. The molecular weight excluding hydrogens is 230 g/mol. The van der Waals surface area contributed by atoms with Crippen molar-refractivity contribution in [2.75, 3.05) is 13.7 Å². The molecule has 0 spiro atoms. The second-order valence-electron chi connectivity index (χ2n) is 4.94. The largest absolute Gasteiger partial charge is 0.497 e. The molecule has 3 rings (SSSR count). The second kappa shape index (κ2) is 4.19. The van der Waals surface area contributed by atoms with E-state index < -0.39 is 0 Å². The molecule has 1 aromatic carbocycles. The number of cyclic esters (lactones) is 1. The summed E-state index contributed by atoms with van der Waals surface area (Å²) in [6, 6.07) is 8.30. The van der Waals surface area contributed by atoms with Crippen LogP contribution in [-0.2, 0) is 4.74 Å². The Labute approximate surface area is 106 Å². The van der Waals surface area contributed by atoms with Gasteiger partial charge >= 0.3 is 6.09 Å². The fourth-order valence-electron chi connectivity index (χ4n) is 3.12. The maximum atomic E-state index is 11.6.